The van der Waals surface area contributed by atoms with Crippen molar-refractivity contribution in [2.24, 2.45) is 23.7 Å². The number of anilines is 1. The number of carbonyl (C=O) groups is 1. The molecular weight excluding hydrogens is 694 g/mol. The van der Waals surface area contributed by atoms with Crippen LogP contribution in [0.2, 0.25) is 5.02 Å². The second-order valence-corrected chi connectivity index (χ2v) is 19.5. The summed E-state index contributed by atoms with van der Waals surface area (Å²) < 4.78 is 36.9. The Kier molecular flexibility index (Phi) is 11.3. The normalized spacial score (nSPS) is 37.0. The number of halogens is 1. The highest BCUT2D eigenvalue weighted by Crippen LogP contribution is 2.49. The maximum absolute atomic E-state index is 14.0. The number of nitrogens with zero attached hydrogens (tertiary/aromatic N) is 2. The molecule has 1 amide bonds. The van der Waals surface area contributed by atoms with Gasteiger partial charge in [-0.05, 0) is 143 Å². The van der Waals surface area contributed by atoms with E-state index in [4.69, 9.17) is 25.8 Å². The summed E-state index contributed by atoms with van der Waals surface area (Å²) >= 11 is 6.51. The number of fused-ring (bicyclic) bond motifs is 4. The van der Waals surface area contributed by atoms with E-state index in [2.05, 4.69) is 39.4 Å². The van der Waals surface area contributed by atoms with Crippen molar-refractivity contribution in [1.29, 1.82) is 0 Å². The summed E-state index contributed by atoms with van der Waals surface area (Å²) in [6, 6.07) is 12.4. The maximum Gasteiger partial charge on any atom is 0.262 e. The van der Waals surface area contributed by atoms with E-state index in [9.17, 15) is 9.00 Å². The lowest BCUT2D eigenvalue weighted by molar-refractivity contribution is -0.242. The van der Waals surface area contributed by atoms with E-state index in [1.165, 1.54) is 30.4 Å². The summed E-state index contributed by atoms with van der Waals surface area (Å²) in [5.74, 6) is 5.90. The van der Waals surface area contributed by atoms with E-state index in [1.807, 2.05) is 25.1 Å². The van der Waals surface area contributed by atoms with Gasteiger partial charge in [0.05, 0.1) is 41.3 Å². The van der Waals surface area contributed by atoms with Crippen LogP contribution in [0.4, 0.5) is 5.69 Å². The van der Waals surface area contributed by atoms with E-state index in [-0.39, 0.29) is 36.2 Å². The molecule has 1 N–H and O–H groups in total. The number of benzene rings is 2. The molecule has 2 aromatic rings. The summed E-state index contributed by atoms with van der Waals surface area (Å²) in [7, 11) is -2.90. The number of carbonyl (C=O) groups excluding carboxylic acids is 1. The first-order valence-electron chi connectivity index (χ1n) is 19.6. The largest absolute Gasteiger partial charge is 0.490 e. The summed E-state index contributed by atoms with van der Waals surface area (Å²) in [6.07, 6.45) is 10.7. The van der Waals surface area contributed by atoms with Crippen molar-refractivity contribution in [2.45, 2.75) is 108 Å². The zero-order chi connectivity index (χ0) is 35.3. The summed E-state index contributed by atoms with van der Waals surface area (Å²) in [5.41, 5.74) is 3.86. The van der Waals surface area contributed by atoms with Crippen LogP contribution in [0.15, 0.2) is 36.4 Å². The van der Waals surface area contributed by atoms with Crippen LogP contribution in [-0.2, 0) is 31.0 Å². The smallest absolute Gasteiger partial charge is 0.262 e. The first kappa shape index (κ1) is 38.0. The van der Waals surface area contributed by atoms with Crippen LogP contribution in [0.25, 0.3) is 0 Å². The first-order valence-corrected chi connectivity index (χ1v) is 21.7. The number of nitrogens with one attached hydrogen (secondary N) is 1. The first-order chi connectivity index (χ1) is 24.6. The number of rotatable bonds is 2. The monoisotopic (exact) mass is 753 g/mol. The van der Waals surface area contributed by atoms with Crippen LogP contribution in [0.5, 0.6) is 5.75 Å². The fourth-order valence-corrected chi connectivity index (χ4v) is 11.8. The van der Waals surface area contributed by atoms with Crippen LogP contribution in [0.1, 0.15) is 101 Å². The van der Waals surface area contributed by atoms with Gasteiger partial charge in [-0.15, -0.1) is 0 Å². The van der Waals surface area contributed by atoms with E-state index in [0.29, 0.717) is 36.0 Å². The zero-order valence-corrected chi connectivity index (χ0v) is 32.0. The average molecular weight is 754 g/mol. The summed E-state index contributed by atoms with van der Waals surface area (Å²) in [4.78, 5) is 18.8. The molecule has 6 aliphatic rings. The van der Waals surface area contributed by atoms with Crippen molar-refractivity contribution in [1.82, 2.24) is 9.62 Å². The van der Waals surface area contributed by atoms with E-state index >= 15 is 0 Å². The van der Waals surface area contributed by atoms with Crippen LogP contribution in [0.3, 0.4) is 0 Å². The summed E-state index contributed by atoms with van der Waals surface area (Å²) in [6.45, 7) is 10.1. The molecule has 286 valence electrons. The minimum Gasteiger partial charge on any atom is -0.490 e. The number of amides is 1. The Labute approximate surface area is 317 Å². The van der Waals surface area contributed by atoms with Gasteiger partial charge in [0, 0.05) is 40.3 Å². The molecule has 7 atom stereocenters. The molecule has 1 spiro atoms. The van der Waals surface area contributed by atoms with Crippen LogP contribution in [0, 0.1) is 23.7 Å². The van der Waals surface area contributed by atoms with Crippen molar-refractivity contribution in [2.75, 3.05) is 50.9 Å². The third-order valence-electron chi connectivity index (χ3n) is 13.6. The van der Waals surface area contributed by atoms with Crippen LogP contribution < -0.4 is 14.4 Å². The van der Waals surface area contributed by atoms with Gasteiger partial charge < -0.3 is 19.1 Å². The molecule has 0 aromatic heterocycles. The number of hydrogen-bond donors (Lipinski definition) is 1. The molecule has 4 aliphatic heterocycles. The van der Waals surface area contributed by atoms with Gasteiger partial charge in [-0.3, -0.25) is 14.4 Å². The molecule has 2 bridgehead atoms. The zero-order valence-electron chi connectivity index (χ0n) is 30.5. The van der Waals surface area contributed by atoms with Gasteiger partial charge in [-0.1, -0.05) is 38.4 Å². The lowest BCUT2D eigenvalue weighted by Crippen LogP contribution is -2.52. The molecule has 2 saturated heterocycles. The number of ether oxygens (including phenoxy) is 3. The Bertz CT molecular complexity index is 1710. The summed E-state index contributed by atoms with van der Waals surface area (Å²) in [5, 5.41) is 0.505. The van der Waals surface area contributed by atoms with Gasteiger partial charge in [0.2, 0.25) is 0 Å². The van der Waals surface area contributed by atoms with Gasteiger partial charge in [-0.25, -0.2) is 4.21 Å². The number of likely N-dealkylation sites (tertiary alicyclic amines) is 1. The lowest BCUT2D eigenvalue weighted by Gasteiger charge is -2.49. The third kappa shape index (κ3) is 7.38. The van der Waals surface area contributed by atoms with Crippen LogP contribution >= 0.6 is 11.6 Å². The Morgan fingerprint density at radius 2 is 1.75 bits per heavy atom. The predicted octanol–water partition coefficient (Wildman–Crippen LogP) is 7.50. The van der Waals surface area contributed by atoms with Crippen molar-refractivity contribution >= 4 is 38.8 Å². The van der Waals surface area contributed by atoms with Crippen molar-refractivity contribution < 1.29 is 23.2 Å². The van der Waals surface area contributed by atoms with Crippen molar-refractivity contribution in [3.8, 4) is 5.75 Å². The van der Waals surface area contributed by atoms with E-state index < -0.39 is 9.71 Å². The topological polar surface area (TPSA) is 80.3 Å². The van der Waals surface area contributed by atoms with Crippen molar-refractivity contribution in [3.05, 3.63) is 58.1 Å². The Morgan fingerprint density at radius 1 is 0.962 bits per heavy atom. The highest BCUT2D eigenvalue weighted by atomic mass is 35.5. The molecule has 52 heavy (non-hydrogen) atoms. The molecule has 2 aromatic carbocycles. The molecule has 10 heteroatoms. The predicted molar refractivity (Wildman–Crippen MR) is 212 cm³/mol. The van der Waals surface area contributed by atoms with Gasteiger partial charge in [0.15, 0.2) is 6.29 Å². The molecule has 1 unspecified atom stereocenters. The molecule has 8 rings (SSSR count). The Balaban J connectivity index is 0.00000420. The second-order valence-electron chi connectivity index (χ2n) is 16.7. The fourth-order valence-electron chi connectivity index (χ4n) is 10.1. The maximum atomic E-state index is 14.0. The van der Waals surface area contributed by atoms with Gasteiger partial charge in [0.1, 0.15) is 5.75 Å². The molecule has 8 nitrogen and oxygen atoms in total. The minimum atomic E-state index is -2.90. The van der Waals surface area contributed by atoms with Gasteiger partial charge >= 0.3 is 0 Å². The fraction of sp³-hybridized carbons (Fsp3) is 0.667. The minimum absolute atomic E-state index is 0. The van der Waals surface area contributed by atoms with E-state index in [1.54, 1.807) is 6.07 Å². The third-order valence-corrected chi connectivity index (χ3v) is 16.0. The van der Waals surface area contributed by atoms with Crippen LogP contribution in [-0.4, -0.2) is 84.5 Å². The van der Waals surface area contributed by atoms with Gasteiger partial charge in [0.25, 0.3) is 5.91 Å². The number of aryl methyl sites for hydroxylation is 1. The average Bonchev–Trinajstić information content (AvgIpc) is 3.61. The lowest BCUT2D eigenvalue weighted by atomic mass is 9.64. The quantitative estimate of drug-likeness (QED) is 0.319. The number of hydrogen-bond acceptors (Lipinski definition) is 7. The molecule has 0 radical (unpaired) electrons. The molecule has 4 heterocycles. The van der Waals surface area contributed by atoms with Gasteiger partial charge in [-0.2, -0.15) is 0 Å². The second kappa shape index (κ2) is 15.4. The Morgan fingerprint density at radius 3 is 2.50 bits per heavy atom. The molecular formula is C42H60ClN3O5S. The molecule has 2 aliphatic carbocycles. The highest BCUT2D eigenvalue weighted by molar-refractivity contribution is 7.99. The highest BCUT2D eigenvalue weighted by Gasteiger charge is 2.47. The Hall–Kier alpha value is -2.30. The standard InChI is InChI=1S/C41H56ClN3O5S.CH4/c1-27-8-6-10-35(40-48-23-33(24-49-40)44-18-4-5-19-44)34-14-11-31(34)22-45-25-41(17-7-9-29-20-32(42)13-15-36(29)41)26-50-38-16-12-30(21-37(38)45)39(46)43-51(3,47)28(27)2;/h12-13,15-16,20-21,27-28,31,33-35,40H,3-11,14,17-19,22-26H2,1-2H3,(H,43,46,47);1H4/t27-,28+,31-,33?,34+,35+,40?,41-,51?;/m0./s1. The SMILES string of the molecule is C.C=S1(=O)NC(=O)c2ccc3c(c2)N(C[C@@H]2CC[C@H]2[C@H](C2OCC(N4CCCC4)CO2)CCC[C@H](C)[C@H]1C)C[C@@]1(CCCc2cc(Cl)ccc21)CO3. The molecule has 1 saturated carbocycles. The molecule has 3 fully saturated rings. The van der Waals surface area contributed by atoms with E-state index in [0.717, 1.165) is 101 Å². The van der Waals surface area contributed by atoms with Crippen molar-refractivity contribution in [3.63, 3.8) is 0 Å².